The minimum absolute atomic E-state index is 0.0729. The summed E-state index contributed by atoms with van der Waals surface area (Å²) >= 11 is 1.91. The van der Waals surface area contributed by atoms with Gasteiger partial charge in [-0.05, 0) is 108 Å². The zero-order valence-electron chi connectivity index (χ0n) is 34.4. The van der Waals surface area contributed by atoms with Crippen LogP contribution in [0.15, 0.2) is 158 Å². The summed E-state index contributed by atoms with van der Waals surface area (Å²) in [5.74, 6) is 0. The van der Waals surface area contributed by atoms with Crippen LogP contribution >= 0.6 is 11.3 Å². The van der Waals surface area contributed by atoms with E-state index in [9.17, 15) is 0 Å². The Kier molecular flexibility index (Phi) is 7.45. The molecule has 0 amide bonds. The number of thiophene rings is 1. The van der Waals surface area contributed by atoms with Crippen molar-refractivity contribution in [1.82, 2.24) is 0 Å². The van der Waals surface area contributed by atoms with E-state index in [4.69, 9.17) is 0 Å². The van der Waals surface area contributed by atoms with Gasteiger partial charge < -0.3 is 4.90 Å². The summed E-state index contributed by atoms with van der Waals surface area (Å²) in [7, 11) is 0. The van der Waals surface area contributed by atoms with Crippen molar-refractivity contribution in [3.05, 3.63) is 186 Å². The molecule has 0 saturated heterocycles. The molecule has 9 aromatic rings. The molecule has 0 bridgehead atoms. The third kappa shape index (κ3) is 5.01. The number of benzene rings is 8. The van der Waals surface area contributed by atoms with Crippen molar-refractivity contribution >= 4 is 59.3 Å². The Morgan fingerprint density at radius 2 is 1.03 bits per heavy atom. The van der Waals surface area contributed by atoms with Crippen LogP contribution in [0.4, 0.5) is 17.1 Å². The van der Waals surface area contributed by atoms with Gasteiger partial charge in [0.15, 0.2) is 0 Å². The molecular weight excluding hydrogens is 719 g/mol. The molecule has 1 heterocycles. The molecule has 1 nitrogen and oxygen atoms in total. The Bertz CT molecular complexity index is 3170. The van der Waals surface area contributed by atoms with E-state index in [1.165, 1.54) is 97.8 Å². The third-order valence-corrected chi connectivity index (χ3v) is 14.5. The van der Waals surface area contributed by atoms with E-state index in [0.717, 1.165) is 11.4 Å². The number of fused-ring (bicyclic) bond motifs is 10. The van der Waals surface area contributed by atoms with Crippen molar-refractivity contribution in [1.29, 1.82) is 0 Å². The molecule has 0 atom stereocenters. The van der Waals surface area contributed by atoms with Gasteiger partial charge in [-0.15, -0.1) is 11.3 Å². The average Bonchev–Trinajstić information content (AvgIpc) is 3.79. The maximum atomic E-state index is 2.55. The van der Waals surface area contributed by atoms with E-state index in [0.29, 0.717) is 0 Å². The second-order valence-electron chi connectivity index (χ2n) is 18.6. The first kappa shape index (κ1) is 35.2. The SMILES string of the molecule is CC(C)(C)c1ccc2c(c1)sc1cc(N(c3ccc4c(c3)-c3ccccc3C4(C)C)c3ccc4ccccc4c3-c3cccc4c3C(C)(C)c3ccccc3-4)ccc12. The molecule has 0 saturated carbocycles. The van der Waals surface area contributed by atoms with Crippen molar-refractivity contribution in [2.45, 2.75) is 64.7 Å². The lowest BCUT2D eigenvalue weighted by atomic mass is 9.78. The van der Waals surface area contributed by atoms with Crippen molar-refractivity contribution < 1.29 is 0 Å². The highest BCUT2D eigenvalue weighted by molar-refractivity contribution is 7.25. The van der Waals surface area contributed by atoms with E-state index >= 15 is 0 Å². The molecule has 1 aromatic heterocycles. The molecule has 0 fully saturated rings. The summed E-state index contributed by atoms with van der Waals surface area (Å²) in [6.07, 6.45) is 0. The van der Waals surface area contributed by atoms with Crippen LogP contribution in [-0.4, -0.2) is 0 Å². The van der Waals surface area contributed by atoms with Crippen LogP contribution in [0.2, 0.25) is 0 Å². The maximum absolute atomic E-state index is 2.55. The normalized spacial score (nSPS) is 14.7. The van der Waals surface area contributed by atoms with E-state index in [-0.39, 0.29) is 16.2 Å². The number of hydrogen-bond donors (Lipinski definition) is 0. The molecule has 282 valence electrons. The molecule has 2 aliphatic carbocycles. The lowest BCUT2D eigenvalue weighted by Crippen LogP contribution is -2.17. The molecule has 8 aromatic carbocycles. The number of hydrogen-bond acceptors (Lipinski definition) is 2. The zero-order chi connectivity index (χ0) is 39.7. The van der Waals surface area contributed by atoms with E-state index in [1.54, 1.807) is 0 Å². The van der Waals surface area contributed by atoms with Gasteiger partial charge in [0.1, 0.15) is 0 Å². The van der Waals surface area contributed by atoms with Gasteiger partial charge in [0.2, 0.25) is 0 Å². The number of anilines is 3. The van der Waals surface area contributed by atoms with Crippen molar-refractivity contribution in [3.8, 4) is 33.4 Å². The summed E-state index contributed by atoms with van der Waals surface area (Å²) in [6, 6.07) is 60.1. The van der Waals surface area contributed by atoms with Crippen LogP contribution < -0.4 is 4.90 Å². The molecule has 0 N–H and O–H groups in total. The van der Waals surface area contributed by atoms with Crippen molar-refractivity contribution in [3.63, 3.8) is 0 Å². The van der Waals surface area contributed by atoms with Gasteiger partial charge in [-0.25, -0.2) is 0 Å². The van der Waals surface area contributed by atoms with Crippen molar-refractivity contribution in [2.24, 2.45) is 0 Å². The summed E-state index contributed by atoms with van der Waals surface area (Å²) < 4.78 is 2.64. The molecule has 0 spiro atoms. The van der Waals surface area contributed by atoms with E-state index in [2.05, 4.69) is 211 Å². The minimum atomic E-state index is -0.174. The Balaban J connectivity index is 1.21. The first-order valence-electron chi connectivity index (χ1n) is 20.7. The predicted molar refractivity (Wildman–Crippen MR) is 251 cm³/mol. The summed E-state index contributed by atoms with van der Waals surface area (Å²) in [5, 5.41) is 5.14. The van der Waals surface area contributed by atoms with Crippen LogP contribution in [-0.2, 0) is 16.2 Å². The van der Waals surface area contributed by atoms with Crippen LogP contribution in [0.3, 0.4) is 0 Å². The molecule has 2 heteroatoms. The van der Waals surface area contributed by atoms with Gasteiger partial charge in [0.25, 0.3) is 0 Å². The first-order valence-corrected chi connectivity index (χ1v) is 21.5. The Labute approximate surface area is 346 Å². The largest absolute Gasteiger partial charge is 0.310 e. The van der Waals surface area contributed by atoms with Gasteiger partial charge >= 0.3 is 0 Å². The summed E-state index contributed by atoms with van der Waals surface area (Å²) in [4.78, 5) is 2.55. The van der Waals surface area contributed by atoms with Gasteiger partial charge in [0, 0.05) is 47.9 Å². The Morgan fingerprint density at radius 1 is 0.448 bits per heavy atom. The quantitative estimate of drug-likeness (QED) is 0.172. The predicted octanol–water partition coefficient (Wildman–Crippen LogP) is 16.3. The molecular formula is C56H47NS. The molecule has 0 aliphatic heterocycles. The molecule has 58 heavy (non-hydrogen) atoms. The Hall–Kier alpha value is -5.96. The van der Waals surface area contributed by atoms with Gasteiger partial charge in [-0.2, -0.15) is 0 Å². The standard InChI is InChI=1S/C56H47NS/c1-54(2,3)35-24-27-41-42-28-25-37(33-51(42)58-50(41)31-35)57(36-26-29-48-45(32-36)40-18-11-12-21-46(40)55(48,4)5)49-30-23-34-15-8-9-16-38(34)52(49)44-20-14-19-43-39-17-10-13-22-47(39)56(6,7)53(43)44/h8-33H,1-7H3. The van der Waals surface area contributed by atoms with Crippen LogP contribution in [0.5, 0.6) is 0 Å². The van der Waals surface area contributed by atoms with Crippen LogP contribution in [0, 0.1) is 0 Å². The van der Waals surface area contributed by atoms with Crippen LogP contribution in [0.25, 0.3) is 64.3 Å². The first-order chi connectivity index (χ1) is 27.9. The Morgan fingerprint density at radius 3 is 1.81 bits per heavy atom. The monoisotopic (exact) mass is 765 g/mol. The second kappa shape index (κ2) is 12.3. The topological polar surface area (TPSA) is 3.24 Å². The fraction of sp³-hybridized carbons (Fsp3) is 0.179. The highest BCUT2D eigenvalue weighted by Crippen LogP contribution is 2.56. The lowest BCUT2D eigenvalue weighted by molar-refractivity contribution is 0.591. The fourth-order valence-corrected chi connectivity index (χ4v) is 11.6. The molecule has 2 aliphatic rings. The fourth-order valence-electron chi connectivity index (χ4n) is 10.4. The number of nitrogens with zero attached hydrogens (tertiary/aromatic N) is 1. The molecule has 0 radical (unpaired) electrons. The van der Waals surface area contributed by atoms with E-state index in [1.807, 2.05) is 11.3 Å². The third-order valence-electron chi connectivity index (χ3n) is 13.4. The smallest absolute Gasteiger partial charge is 0.0546 e. The minimum Gasteiger partial charge on any atom is -0.310 e. The molecule has 11 rings (SSSR count). The second-order valence-corrected chi connectivity index (χ2v) is 19.6. The highest BCUT2D eigenvalue weighted by Gasteiger charge is 2.39. The molecule has 0 unspecified atom stereocenters. The summed E-state index contributed by atoms with van der Waals surface area (Å²) in [6.45, 7) is 16.5. The lowest BCUT2D eigenvalue weighted by Gasteiger charge is -2.31. The average molecular weight is 766 g/mol. The maximum Gasteiger partial charge on any atom is 0.0546 e. The van der Waals surface area contributed by atoms with Gasteiger partial charge in [-0.3, -0.25) is 0 Å². The summed E-state index contributed by atoms with van der Waals surface area (Å²) in [5.41, 5.74) is 18.2. The zero-order valence-corrected chi connectivity index (χ0v) is 35.2. The number of rotatable bonds is 4. The van der Waals surface area contributed by atoms with Gasteiger partial charge in [0.05, 0.1) is 5.69 Å². The van der Waals surface area contributed by atoms with Crippen LogP contribution in [0.1, 0.15) is 76.3 Å². The van der Waals surface area contributed by atoms with Crippen molar-refractivity contribution in [2.75, 3.05) is 4.90 Å². The van der Waals surface area contributed by atoms with Gasteiger partial charge in [-0.1, -0.05) is 170 Å². The highest BCUT2D eigenvalue weighted by atomic mass is 32.1. The van der Waals surface area contributed by atoms with E-state index < -0.39 is 0 Å².